The molecule has 0 aromatic heterocycles. The molecule has 0 heterocycles. The van der Waals surface area contributed by atoms with Crippen LogP contribution in [0.1, 0.15) is 38.5 Å². The van der Waals surface area contributed by atoms with Gasteiger partial charge in [0.1, 0.15) is 0 Å². The average Bonchev–Trinajstić information content (AvgIpc) is 2.98. The summed E-state index contributed by atoms with van der Waals surface area (Å²) < 4.78 is 5.58. The summed E-state index contributed by atoms with van der Waals surface area (Å²) in [6.07, 6.45) is 6.23. The monoisotopic (exact) mass is 226 g/mol. The zero-order chi connectivity index (χ0) is 11.6. The summed E-state index contributed by atoms with van der Waals surface area (Å²) in [5, 5.41) is 0. The lowest BCUT2D eigenvalue weighted by Gasteiger charge is -2.27. The van der Waals surface area contributed by atoms with Crippen LogP contribution in [0.3, 0.4) is 0 Å². The molecule has 2 fully saturated rings. The van der Waals surface area contributed by atoms with Crippen LogP contribution in [0.2, 0.25) is 0 Å². The third kappa shape index (κ3) is 2.55. The maximum Gasteiger partial charge on any atom is 0.237 e. The van der Waals surface area contributed by atoms with Gasteiger partial charge < -0.3 is 16.2 Å². The minimum absolute atomic E-state index is 0.212. The van der Waals surface area contributed by atoms with Crippen molar-refractivity contribution >= 4 is 5.91 Å². The summed E-state index contributed by atoms with van der Waals surface area (Å²) in [4.78, 5) is 11.3. The summed E-state index contributed by atoms with van der Waals surface area (Å²) in [6.45, 7) is 1.59. The lowest BCUT2D eigenvalue weighted by Crippen LogP contribution is -2.54. The first-order chi connectivity index (χ1) is 7.63. The number of nitrogens with two attached hydrogens (primary N) is 2. The number of hydrogen-bond donors (Lipinski definition) is 2. The third-order valence-corrected chi connectivity index (χ3v) is 3.99. The van der Waals surface area contributed by atoms with E-state index in [0.717, 1.165) is 38.2 Å². The molecule has 4 nitrogen and oxygen atoms in total. The Morgan fingerprint density at radius 3 is 2.75 bits per heavy atom. The lowest BCUT2D eigenvalue weighted by atomic mass is 9.85. The van der Waals surface area contributed by atoms with Crippen molar-refractivity contribution in [2.75, 3.05) is 13.2 Å². The summed E-state index contributed by atoms with van der Waals surface area (Å²) >= 11 is 0. The number of carbonyl (C=O) groups is 1. The SMILES string of the molecule is NC(=O)C1(N)CCCC1CCOCC1CC1. The molecule has 16 heavy (non-hydrogen) atoms. The van der Waals surface area contributed by atoms with Gasteiger partial charge in [0.05, 0.1) is 5.54 Å². The van der Waals surface area contributed by atoms with E-state index >= 15 is 0 Å². The highest BCUT2D eigenvalue weighted by atomic mass is 16.5. The first kappa shape index (κ1) is 11.9. The van der Waals surface area contributed by atoms with Crippen molar-refractivity contribution in [2.24, 2.45) is 23.3 Å². The Kier molecular flexibility index (Phi) is 3.50. The topological polar surface area (TPSA) is 78.3 Å². The molecule has 2 aliphatic carbocycles. The molecule has 4 heteroatoms. The molecule has 0 spiro atoms. The van der Waals surface area contributed by atoms with Crippen molar-refractivity contribution in [1.82, 2.24) is 0 Å². The quantitative estimate of drug-likeness (QED) is 0.657. The Labute approximate surface area is 96.7 Å². The van der Waals surface area contributed by atoms with E-state index in [-0.39, 0.29) is 11.8 Å². The Morgan fingerprint density at radius 2 is 2.12 bits per heavy atom. The molecule has 0 bridgehead atoms. The Balaban J connectivity index is 1.72. The Bertz CT molecular complexity index is 266. The van der Waals surface area contributed by atoms with Gasteiger partial charge in [-0.3, -0.25) is 4.79 Å². The van der Waals surface area contributed by atoms with Gasteiger partial charge in [-0.25, -0.2) is 0 Å². The van der Waals surface area contributed by atoms with Crippen molar-refractivity contribution in [2.45, 2.75) is 44.1 Å². The molecular formula is C12H22N2O2. The van der Waals surface area contributed by atoms with Crippen LogP contribution in [-0.2, 0) is 9.53 Å². The van der Waals surface area contributed by atoms with Gasteiger partial charge in [0.15, 0.2) is 0 Å². The molecule has 2 unspecified atom stereocenters. The van der Waals surface area contributed by atoms with Gasteiger partial charge in [0.2, 0.25) is 5.91 Å². The first-order valence-corrected chi connectivity index (χ1v) is 6.29. The molecule has 2 saturated carbocycles. The van der Waals surface area contributed by atoms with Gasteiger partial charge in [0, 0.05) is 13.2 Å². The van der Waals surface area contributed by atoms with E-state index in [1.165, 1.54) is 12.8 Å². The normalized spacial score (nSPS) is 34.2. The second kappa shape index (κ2) is 4.72. The van der Waals surface area contributed by atoms with Crippen LogP contribution in [0.5, 0.6) is 0 Å². The van der Waals surface area contributed by atoms with Crippen LogP contribution in [0.4, 0.5) is 0 Å². The number of amides is 1. The molecular weight excluding hydrogens is 204 g/mol. The Hall–Kier alpha value is -0.610. The lowest BCUT2D eigenvalue weighted by molar-refractivity contribution is -0.124. The number of ether oxygens (including phenoxy) is 1. The summed E-state index contributed by atoms with van der Waals surface area (Å²) in [5.74, 6) is 0.656. The van der Waals surface area contributed by atoms with Gasteiger partial charge >= 0.3 is 0 Å². The predicted octanol–water partition coefficient (Wildman–Crippen LogP) is 0.786. The highest BCUT2D eigenvalue weighted by Gasteiger charge is 2.43. The average molecular weight is 226 g/mol. The molecule has 4 N–H and O–H groups in total. The summed E-state index contributed by atoms with van der Waals surface area (Å²) in [6, 6.07) is 0. The van der Waals surface area contributed by atoms with Gasteiger partial charge in [-0.15, -0.1) is 0 Å². The Morgan fingerprint density at radius 1 is 1.38 bits per heavy atom. The smallest absolute Gasteiger partial charge is 0.237 e. The van der Waals surface area contributed by atoms with E-state index in [1.807, 2.05) is 0 Å². The van der Waals surface area contributed by atoms with E-state index in [2.05, 4.69) is 0 Å². The van der Waals surface area contributed by atoms with Gasteiger partial charge in [0.25, 0.3) is 0 Å². The zero-order valence-corrected chi connectivity index (χ0v) is 9.78. The second-order valence-corrected chi connectivity index (χ2v) is 5.30. The second-order valence-electron chi connectivity index (χ2n) is 5.30. The van der Waals surface area contributed by atoms with Gasteiger partial charge in [-0.2, -0.15) is 0 Å². The molecule has 92 valence electrons. The number of primary amides is 1. The van der Waals surface area contributed by atoms with Crippen LogP contribution in [0, 0.1) is 11.8 Å². The van der Waals surface area contributed by atoms with E-state index in [1.54, 1.807) is 0 Å². The third-order valence-electron chi connectivity index (χ3n) is 3.99. The van der Waals surface area contributed by atoms with Gasteiger partial charge in [-0.1, -0.05) is 6.42 Å². The van der Waals surface area contributed by atoms with Crippen molar-refractivity contribution in [3.05, 3.63) is 0 Å². The van der Waals surface area contributed by atoms with E-state index < -0.39 is 5.54 Å². The van der Waals surface area contributed by atoms with Crippen LogP contribution < -0.4 is 11.5 Å². The van der Waals surface area contributed by atoms with Crippen LogP contribution in [0.25, 0.3) is 0 Å². The minimum Gasteiger partial charge on any atom is -0.381 e. The molecule has 0 aromatic rings. The van der Waals surface area contributed by atoms with Crippen LogP contribution >= 0.6 is 0 Å². The maximum absolute atomic E-state index is 11.3. The summed E-state index contributed by atoms with van der Waals surface area (Å²) in [7, 11) is 0. The van der Waals surface area contributed by atoms with Crippen LogP contribution in [-0.4, -0.2) is 24.7 Å². The standard InChI is InChI=1S/C12H22N2O2/c13-11(15)12(14)6-1-2-10(12)5-7-16-8-9-3-4-9/h9-10H,1-8,14H2,(H2,13,15). The zero-order valence-electron chi connectivity index (χ0n) is 9.78. The fraction of sp³-hybridized carbons (Fsp3) is 0.917. The fourth-order valence-corrected chi connectivity index (χ4v) is 2.59. The number of hydrogen-bond acceptors (Lipinski definition) is 3. The largest absolute Gasteiger partial charge is 0.381 e. The van der Waals surface area contributed by atoms with Gasteiger partial charge in [-0.05, 0) is 43.9 Å². The van der Waals surface area contributed by atoms with Crippen molar-refractivity contribution in [3.63, 3.8) is 0 Å². The van der Waals surface area contributed by atoms with E-state index in [9.17, 15) is 4.79 Å². The van der Waals surface area contributed by atoms with Crippen molar-refractivity contribution in [1.29, 1.82) is 0 Å². The molecule has 2 aliphatic rings. The predicted molar refractivity (Wildman–Crippen MR) is 61.6 cm³/mol. The molecule has 0 aromatic carbocycles. The molecule has 0 saturated heterocycles. The number of rotatable bonds is 6. The molecule has 2 rings (SSSR count). The maximum atomic E-state index is 11.3. The minimum atomic E-state index is -0.775. The first-order valence-electron chi connectivity index (χ1n) is 6.29. The van der Waals surface area contributed by atoms with E-state index in [4.69, 9.17) is 16.2 Å². The highest BCUT2D eigenvalue weighted by Crippen LogP contribution is 2.36. The molecule has 2 atom stereocenters. The van der Waals surface area contributed by atoms with Crippen molar-refractivity contribution < 1.29 is 9.53 Å². The fourth-order valence-electron chi connectivity index (χ4n) is 2.59. The van der Waals surface area contributed by atoms with E-state index in [0.29, 0.717) is 6.61 Å². The highest BCUT2D eigenvalue weighted by molar-refractivity contribution is 5.85. The summed E-state index contributed by atoms with van der Waals surface area (Å²) in [5.41, 5.74) is 10.7. The molecule has 1 amide bonds. The number of carbonyl (C=O) groups excluding carboxylic acids is 1. The van der Waals surface area contributed by atoms with Crippen LogP contribution in [0.15, 0.2) is 0 Å². The molecule has 0 aliphatic heterocycles. The van der Waals surface area contributed by atoms with Crippen molar-refractivity contribution in [3.8, 4) is 0 Å². The molecule has 0 radical (unpaired) electrons.